The third-order valence-corrected chi connectivity index (χ3v) is 8.16. The first-order valence-corrected chi connectivity index (χ1v) is 13.4. The molecule has 1 saturated heterocycles. The van der Waals surface area contributed by atoms with E-state index in [2.05, 4.69) is 27.5 Å². The van der Waals surface area contributed by atoms with Gasteiger partial charge in [0.15, 0.2) is 22.5 Å². The summed E-state index contributed by atoms with van der Waals surface area (Å²) in [5.41, 5.74) is 12.4. The molecule has 0 saturated carbocycles. The normalized spacial score (nSPS) is 19.0. The first-order chi connectivity index (χ1) is 17.4. The van der Waals surface area contributed by atoms with Gasteiger partial charge in [-0.25, -0.2) is 9.98 Å². The zero-order chi connectivity index (χ0) is 25.7. The Morgan fingerprint density at radius 1 is 1.31 bits per heavy atom. The number of carbonyl (C=O) groups is 1. The van der Waals surface area contributed by atoms with E-state index >= 15 is 0 Å². The van der Waals surface area contributed by atoms with Crippen LogP contribution in [0.3, 0.4) is 0 Å². The molecule has 0 aliphatic carbocycles. The molecule has 0 spiro atoms. The number of nitrogens with zero attached hydrogens (tertiary/aromatic N) is 4. The molecule has 0 atom stereocenters. The van der Waals surface area contributed by atoms with E-state index in [1.54, 1.807) is 7.11 Å². The number of hydrogen-bond donors (Lipinski definition) is 2. The smallest absolute Gasteiger partial charge is 0.248 e. The molecule has 4 N–H and O–H groups in total. The maximum Gasteiger partial charge on any atom is 0.248 e. The Balaban J connectivity index is 1.50. The average Bonchev–Trinajstić information content (AvgIpc) is 3.21. The Morgan fingerprint density at radius 3 is 2.64 bits per heavy atom. The van der Waals surface area contributed by atoms with E-state index in [-0.39, 0.29) is 18.3 Å². The zero-order valence-electron chi connectivity index (χ0n) is 20.2. The largest absolute Gasteiger partial charge is 0.486 e. The van der Waals surface area contributed by atoms with Gasteiger partial charge in [-0.15, -0.1) is 0 Å². The molecule has 194 valence electrons. The quantitative estimate of drug-likeness (QED) is 0.505. The van der Waals surface area contributed by atoms with E-state index in [1.165, 1.54) is 18.0 Å². The summed E-state index contributed by atoms with van der Waals surface area (Å²) in [5.74, 6) is 2.59. The van der Waals surface area contributed by atoms with Crippen LogP contribution in [-0.4, -0.2) is 73.3 Å². The highest BCUT2D eigenvalue weighted by Crippen LogP contribution is 2.41. The summed E-state index contributed by atoms with van der Waals surface area (Å²) in [6.07, 6.45) is 4.25. The number of thioether (sulfide) groups is 1. The number of ether oxygens (including phenoxy) is 3. The van der Waals surface area contributed by atoms with Crippen molar-refractivity contribution in [2.45, 2.75) is 24.2 Å². The van der Waals surface area contributed by atoms with Crippen LogP contribution in [0.4, 0.5) is 0 Å². The van der Waals surface area contributed by atoms with Gasteiger partial charge in [-0.2, -0.15) is 0 Å². The van der Waals surface area contributed by atoms with Gasteiger partial charge >= 0.3 is 0 Å². The van der Waals surface area contributed by atoms with Crippen LogP contribution in [0.5, 0.6) is 11.5 Å². The molecule has 4 rings (SSSR count). The molecule has 0 radical (unpaired) electrons. The fourth-order valence-corrected chi connectivity index (χ4v) is 5.84. The number of amides is 1. The van der Waals surface area contributed by atoms with E-state index in [1.807, 2.05) is 21.9 Å². The second kappa shape index (κ2) is 12.0. The Morgan fingerprint density at radius 2 is 2.00 bits per heavy atom. The van der Waals surface area contributed by atoms with Crippen LogP contribution >= 0.6 is 27.7 Å². The molecule has 3 aliphatic heterocycles. The van der Waals surface area contributed by atoms with Crippen molar-refractivity contribution in [1.29, 1.82) is 0 Å². The third-order valence-electron chi connectivity index (χ3n) is 6.19. The Labute approximate surface area is 223 Å². The van der Waals surface area contributed by atoms with Crippen molar-refractivity contribution in [3.63, 3.8) is 0 Å². The number of amidine groups is 2. The highest BCUT2D eigenvalue weighted by atomic mass is 79.9. The van der Waals surface area contributed by atoms with Crippen LogP contribution < -0.4 is 20.9 Å². The summed E-state index contributed by atoms with van der Waals surface area (Å²) in [6, 6.07) is 3.84. The number of aliphatic imine (C=N–C) groups is 2. The predicted octanol–water partition coefficient (Wildman–Crippen LogP) is 2.89. The molecule has 3 aliphatic rings. The summed E-state index contributed by atoms with van der Waals surface area (Å²) in [5, 5.41) is 0.712. The van der Waals surface area contributed by atoms with Gasteiger partial charge < -0.3 is 35.5 Å². The van der Waals surface area contributed by atoms with Crippen LogP contribution in [0.1, 0.15) is 19.3 Å². The molecule has 1 amide bonds. The van der Waals surface area contributed by atoms with Gasteiger partial charge in [-0.05, 0) is 53.2 Å². The lowest BCUT2D eigenvalue weighted by atomic mass is 9.93. The number of fused-ring (bicyclic) bond motifs is 1. The van der Waals surface area contributed by atoms with Crippen LogP contribution in [0.2, 0.25) is 0 Å². The fraction of sp³-hybridized carbons (Fsp3) is 0.458. The molecule has 1 aromatic carbocycles. The van der Waals surface area contributed by atoms with Crippen molar-refractivity contribution in [3.05, 3.63) is 40.9 Å². The average molecular weight is 580 g/mol. The van der Waals surface area contributed by atoms with E-state index in [0.717, 1.165) is 41.7 Å². The fourth-order valence-electron chi connectivity index (χ4n) is 4.33. The van der Waals surface area contributed by atoms with E-state index in [9.17, 15) is 4.79 Å². The molecule has 0 aromatic heterocycles. The summed E-state index contributed by atoms with van der Waals surface area (Å²) in [4.78, 5) is 26.1. The predicted molar refractivity (Wildman–Crippen MR) is 144 cm³/mol. The minimum absolute atomic E-state index is 0.0416. The van der Waals surface area contributed by atoms with Crippen LogP contribution in [0.25, 0.3) is 0 Å². The third kappa shape index (κ3) is 5.98. The van der Waals surface area contributed by atoms with Crippen molar-refractivity contribution >= 4 is 44.6 Å². The number of piperidine rings is 1. The first kappa shape index (κ1) is 26.4. The van der Waals surface area contributed by atoms with Gasteiger partial charge in [-0.1, -0.05) is 18.3 Å². The molecule has 36 heavy (non-hydrogen) atoms. The minimum Gasteiger partial charge on any atom is -0.486 e. The van der Waals surface area contributed by atoms with E-state index < -0.39 is 0 Å². The summed E-state index contributed by atoms with van der Waals surface area (Å²) < 4.78 is 17.3. The standard InChI is InChI=1S/C24H31BrN6O4S/c1-3-28-23-21(22(26)27)29-24(36-19-13-18-17(12-16(19)25)34-10-11-35-18)31(23)9-6-15-4-7-30(8-5-15)20(32)14-33-2/h3,12-13,15H,1,4-11,14,26-27H2,2H3/b28-23+. The Bertz CT molecular complexity index is 1100. The lowest BCUT2D eigenvalue weighted by Crippen LogP contribution is -2.41. The summed E-state index contributed by atoms with van der Waals surface area (Å²) in [7, 11) is 1.54. The number of methoxy groups -OCH3 is 1. The van der Waals surface area contributed by atoms with Gasteiger partial charge in [-0.3, -0.25) is 4.79 Å². The van der Waals surface area contributed by atoms with Crippen LogP contribution in [0, 0.1) is 5.92 Å². The van der Waals surface area contributed by atoms with Crippen molar-refractivity contribution in [3.8, 4) is 11.5 Å². The number of likely N-dealkylation sites (tertiary alicyclic amines) is 1. The highest BCUT2D eigenvalue weighted by molar-refractivity contribution is 9.10. The van der Waals surface area contributed by atoms with E-state index in [4.69, 9.17) is 30.7 Å². The molecule has 1 fully saturated rings. The van der Waals surface area contributed by atoms with Crippen molar-refractivity contribution in [2.75, 3.05) is 46.6 Å². The zero-order valence-corrected chi connectivity index (χ0v) is 22.6. The molecule has 0 bridgehead atoms. The summed E-state index contributed by atoms with van der Waals surface area (Å²) >= 11 is 5.12. The number of nitrogens with two attached hydrogens (primary N) is 2. The second-order valence-corrected chi connectivity index (χ2v) is 10.4. The summed E-state index contributed by atoms with van der Waals surface area (Å²) in [6.45, 7) is 7.06. The topological polar surface area (TPSA) is 128 Å². The number of halogens is 1. The monoisotopic (exact) mass is 578 g/mol. The van der Waals surface area contributed by atoms with Crippen molar-refractivity contribution in [2.24, 2.45) is 27.4 Å². The highest BCUT2D eigenvalue weighted by Gasteiger charge is 2.32. The molecule has 3 heterocycles. The Kier molecular flexibility index (Phi) is 8.81. The van der Waals surface area contributed by atoms with Gasteiger partial charge in [0.05, 0.1) is 0 Å². The SMILES string of the molecule is C=C/N=C1\C(=C(N)N)N=C(Sc2cc3c(cc2Br)OCCO3)N1CCC1CCN(C(=O)COC)CC1. The molecule has 12 heteroatoms. The number of carbonyl (C=O) groups excluding carboxylic acids is 1. The van der Waals surface area contributed by atoms with Crippen molar-refractivity contribution < 1.29 is 19.0 Å². The number of benzene rings is 1. The van der Waals surface area contributed by atoms with Gasteiger partial charge in [0.2, 0.25) is 5.91 Å². The minimum atomic E-state index is 0.0416. The van der Waals surface area contributed by atoms with Crippen LogP contribution in [-0.2, 0) is 9.53 Å². The number of hydrogen-bond acceptors (Lipinski definition) is 9. The molecular formula is C24H31BrN6O4S. The molecule has 0 unspecified atom stereocenters. The second-order valence-electron chi connectivity index (χ2n) is 8.56. The van der Waals surface area contributed by atoms with Gasteiger partial charge in [0, 0.05) is 42.3 Å². The van der Waals surface area contributed by atoms with Crippen LogP contribution in [0.15, 0.2) is 55.8 Å². The lowest BCUT2D eigenvalue weighted by molar-refractivity contribution is -0.136. The van der Waals surface area contributed by atoms with Gasteiger partial charge in [0.25, 0.3) is 0 Å². The van der Waals surface area contributed by atoms with E-state index in [0.29, 0.717) is 53.9 Å². The molecule has 10 nitrogen and oxygen atoms in total. The van der Waals surface area contributed by atoms with Gasteiger partial charge in [0.1, 0.15) is 31.3 Å². The lowest BCUT2D eigenvalue weighted by Gasteiger charge is -2.33. The molecule has 1 aromatic rings. The first-order valence-electron chi connectivity index (χ1n) is 11.8. The maximum absolute atomic E-state index is 12.1. The molecular weight excluding hydrogens is 548 g/mol. The number of rotatable bonds is 7. The maximum atomic E-state index is 12.1. The Hall–Kier alpha value is -2.70. The van der Waals surface area contributed by atoms with Crippen molar-refractivity contribution in [1.82, 2.24) is 9.80 Å².